The van der Waals surface area contributed by atoms with Crippen molar-refractivity contribution in [2.45, 2.75) is 32.4 Å². The van der Waals surface area contributed by atoms with Crippen molar-refractivity contribution in [1.29, 1.82) is 0 Å². The van der Waals surface area contributed by atoms with Crippen LogP contribution in [0.4, 0.5) is 5.69 Å². The summed E-state index contributed by atoms with van der Waals surface area (Å²) in [6.45, 7) is 4.57. The molecule has 1 aliphatic rings. The predicted octanol–water partition coefficient (Wildman–Crippen LogP) is 5.28. The third kappa shape index (κ3) is 5.46. The molecule has 2 atom stereocenters. The monoisotopic (exact) mass is 553 g/mol. The molecule has 1 fully saturated rings. The minimum atomic E-state index is -0.371. The lowest BCUT2D eigenvalue weighted by atomic mass is 9.96. The van der Waals surface area contributed by atoms with Crippen LogP contribution < -0.4 is 10.6 Å². The summed E-state index contributed by atoms with van der Waals surface area (Å²) in [6, 6.07) is 24.4. The Morgan fingerprint density at radius 3 is 2.42 bits per heavy atom. The second-order valence-corrected chi connectivity index (χ2v) is 10.1. The van der Waals surface area contributed by atoms with Crippen LogP contribution in [0.25, 0.3) is 5.69 Å². The van der Waals surface area contributed by atoms with Crippen LogP contribution in [0, 0.1) is 13.8 Å². The van der Waals surface area contributed by atoms with Gasteiger partial charge in [-0.15, -0.1) is 0 Å². The maximum absolute atomic E-state index is 12.8. The van der Waals surface area contributed by atoms with Gasteiger partial charge in [-0.2, -0.15) is 0 Å². The average molecular weight is 554 g/mol. The highest BCUT2D eigenvalue weighted by Gasteiger charge is 2.41. The molecule has 0 radical (unpaired) electrons. The van der Waals surface area contributed by atoms with E-state index in [1.54, 1.807) is 18.3 Å². The van der Waals surface area contributed by atoms with Crippen molar-refractivity contribution in [2.75, 3.05) is 19.0 Å². The van der Waals surface area contributed by atoms with E-state index >= 15 is 0 Å². The number of nitrogens with zero attached hydrogens (tertiary/aromatic N) is 3. The van der Waals surface area contributed by atoms with Gasteiger partial charge in [0.25, 0.3) is 0 Å². The van der Waals surface area contributed by atoms with Crippen molar-refractivity contribution in [3.8, 4) is 5.69 Å². The summed E-state index contributed by atoms with van der Waals surface area (Å²) < 4.78 is 7.01. The molecule has 0 bridgehead atoms. The van der Waals surface area contributed by atoms with Gasteiger partial charge in [-0.1, -0.05) is 24.3 Å². The van der Waals surface area contributed by atoms with Crippen molar-refractivity contribution >= 4 is 34.9 Å². The maximum atomic E-state index is 12.8. The number of hydrogen-bond donors (Lipinski definition) is 2. The predicted molar refractivity (Wildman–Crippen MR) is 158 cm³/mol. The van der Waals surface area contributed by atoms with Crippen LogP contribution in [0.5, 0.6) is 0 Å². The standard InChI is InChI=1S/C31H31N5O3S/c1-20-19-25(21(2)36(20)24-14-12-22(13-15-24)30(38)39-3)29-28(26-11-7-8-17-32-26)34-31(40)35(29)18-16-27(37)33-23-9-5-4-6-10-23/h4-15,17,19,28-29H,16,18H2,1-3H3,(H,33,37)(H,34,40)/t28-,29-/m0/s1. The molecule has 5 rings (SSSR count). The van der Waals surface area contributed by atoms with Crippen LogP contribution in [0.15, 0.2) is 85.1 Å². The third-order valence-corrected chi connectivity index (χ3v) is 7.52. The van der Waals surface area contributed by atoms with E-state index in [2.05, 4.69) is 45.0 Å². The molecule has 0 saturated carbocycles. The summed E-state index contributed by atoms with van der Waals surface area (Å²) in [4.78, 5) is 31.5. The molecule has 2 N–H and O–H groups in total. The summed E-state index contributed by atoms with van der Waals surface area (Å²) in [7, 11) is 1.37. The van der Waals surface area contributed by atoms with E-state index in [1.807, 2.05) is 60.7 Å². The first-order valence-electron chi connectivity index (χ1n) is 13.1. The Labute approximate surface area is 239 Å². The summed E-state index contributed by atoms with van der Waals surface area (Å²) in [5.41, 5.74) is 6.23. The summed E-state index contributed by atoms with van der Waals surface area (Å²) >= 11 is 5.81. The summed E-state index contributed by atoms with van der Waals surface area (Å²) in [5, 5.41) is 7.01. The van der Waals surface area contributed by atoms with Crippen LogP contribution in [0.2, 0.25) is 0 Å². The number of aromatic nitrogens is 2. The van der Waals surface area contributed by atoms with Gasteiger partial charge in [-0.05, 0) is 86.2 Å². The lowest BCUT2D eigenvalue weighted by Crippen LogP contribution is -2.32. The van der Waals surface area contributed by atoms with Crippen molar-refractivity contribution in [2.24, 2.45) is 0 Å². The molecular formula is C31H31N5O3S. The van der Waals surface area contributed by atoms with Gasteiger partial charge in [0.15, 0.2) is 5.11 Å². The minimum absolute atomic E-state index is 0.0785. The molecule has 1 aliphatic heterocycles. The van der Waals surface area contributed by atoms with Crippen molar-refractivity contribution < 1.29 is 14.3 Å². The zero-order valence-corrected chi connectivity index (χ0v) is 23.4. The number of para-hydroxylation sites is 1. The zero-order valence-electron chi connectivity index (χ0n) is 22.6. The van der Waals surface area contributed by atoms with Gasteiger partial charge in [0, 0.05) is 41.9 Å². The highest BCUT2D eigenvalue weighted by Crippen LogP contribution is 2.41. The second-order valence-electron chi connectivity index (χ2n) is 9.68. The molecule has 2 aromatic heterocycles. The van der Waals surface area contributed by atoms with Crippen molar-refractivity contribution in [3.63, 3.8) is 0 Å². The number of amides is 1. The number of methoxy groups -OCH3 is 1. The number of aryl methyl sites for hydroxylation is 1. The Bertz CT molecular complexity index is 1520. The zero-order chi connectivity index (χ0) is 28.2. The van der Waals surface area contributed by atoms with E-state index in [0.29, 0.717) is 17.2 Å². The van der Waals surface area contributed by atoms with Gasteiger partial charge in [-0.25, -0.2) is 4.79 Å². The van der Waals surface area contributed by atoms with Gasteiger partial charge >= 0.3 is 5.97 Å². The first-order valence-corrected chi connectivity index (χ1v) is 13.5. The number of carbonyl (C=O) groups is 2. The molecule has 3 heterocycles. The van der Waals surface area contributed by atoms with Crippen LogP contribution in [0.1, 0.15) is 51.5 Å². The fourth-order valence-electron chi connectivity index (χ4n) is 5.30. The second kappa shape index (κ2) is 11.7. The van der Waals surface area contributed by atoms with E-state index in [-0.39, 0.29) is 30.4 Å². The number of carbonyl (C=O) groups excluding carboxylic acids is 2. The average Bonchev–Trinajstić information content (AvgIpc) is 3.46. The Hall–Kier alpha value is -4.50. The SMILES string of the molecule is COC(=O)c1ccc(-n2c(C)cc([C@H]3[C@H](c4ccccn4)NC(=S)N3CCC(=O)Nc3ccccc3)c2C)cc1. The van der Waals surface area contributed by atoms with Crippen molar-refractivity contribution in [1.82, 2.24) is 19.8 Å². The maximum Gasteiger partial charge on any atom is 0.337 e. The highest BCUT2D eigenvalue weighted by molar-refractivity contribution is 7.80. The van der Waals surface area contributed by atoms with Crippen LogP contribution in [0.3, 0.4) is 0 Å². The Morgan fingerprint density at radius 1 is 1.02 bits per heavy atom. The number of benzene rings is 2. The number of hydrogen-bond acceptors (Lipinski definition) is 5. The quantitative estimate of drug-likeness (QED) is 0.227. The fraction of sp³-hybridized carbons (Fsp3) is 0.226. The van der Waals surface area contributed by atoms with Crippen LogP contribution >= 0.6 is 12.2 Å². The van der Waals surface area contributed by atoms with Gasteiger partial charge in [-0.3, -0.25) is 9.78 Å². The van der Waals surface area contributed by atoms with E-state index < -0.39 is 0 Å². The molecule has 0 unspecified atom stereocenters. The van der Waals surface area contributed by atoms with Crippen LogP contribution in [-0.2, 0) is 9.53 Å². The molecule has 204 valence electrons. The molecule has 1 amide bonds. The third-order valence-electron chi connectivity index (χ3n) is 7.17. The number of anilines is 1. The van der Waals surface area contributed by atoms with Gasteiger partial charge in [0.1, 0.15) is 0 Å². The van der Waals surface area contributed by atoms with Crippen LogP contribution in [-0.4, -0.2) is 45.1 Å². The number of esters is 1. The smallest absolute Gasteiger partial charge is 0.337 e. The summed E-state index contributed by atoms with van der Waals surface area (Å²) in [5.74, 6) is -0.450. The van der Waals surface area contributed by atoms with Gasteiger partial charge in [0.05, 0.1) is 30.5 Å². The topological polar surface area (TPSA) is 88.5 Å². The van der Waals surface area contributed by atoms with Gasteiger partial charge in [0.2, 0.25) is 5.91 Å². The highest BCUT2D eigenvalue weighted by atomic mass is 32.1. The van der Waals surface area contributed by atoms with E-state index in [9.17, 15) is 9.59 Å². The minimum Gasteiger partial charge on any atom is -0.465 e. The Morgan fingerprint density at radius 2 is 1.75 bits per heavy atom. The van der Waals surface area contributed by atoms with Gasteiger partial charge < -0.3 is 24.8 Å². The van der Waals surface area contributed by atoms with E-state index in [1.165, 1.54) is 7.11 Å². The van der Waals surface area contributed by atoms with E-state index in [4.69, 9.17) is 17.0 Å². The number of rotatable bonds is 8. The summed E-state index contributed by atoms with van der Waals surface area (Å²) in [6.07, 6.45) is 2.05. The molecule has 2 aromatic carbocycles. The number of pyridine rings is 1. The largest absolute Gasteiger partial charge is 0.465 e. The first-order chi connectivity index (χ1) is 19.4. The Balaban J connectivity index is 1.47. The molecule has 0 aliphatic carbocycles. The normalized spacial score (nSPS) is 16.5. The van der Waals surface area contributed by atoms with E-state index in [0.717, 1.165) is 34.0 Å². The molecule has 4 aromatic rings. The molecule has 9 heteroatoms. The molecule has 0 spiro atoms. The van der Waals surface area contributed by atoms with Crippen molar-refractivity contribution in [3.05, 3.63) is 113 Å². The fourth-order valence-corrected chi connectivity index (χ4v) is 5.63. The molecular weight excluding hydrogens is 522 g/mol. The first kappa shape index (κ1) is 27.1. The molecule has 1 saturated heterocycles. The number of nitrogens with one attached hydrogen (secondary N) is 2. The lowest BCUT2D eigenvalue weighted by Gasteiger charge is -2.28. The molecule has 8 nitrogen and oxygen atoms in total. The number of ether oxygens (including phenoxy) is 1. The lowest BCUT2D eigenvalue weighted by molar-refractivity contribution is -0.116. The number of thiocarbonyl (C=S) groups is 1. The molecule has 40 heavy (non-hydrogen) atoms. The Kier molecular flexibility index (Phi) is 7.93.